The summed E-state index contributed by atoms with van der Waals surface area (Å²) < 4.78 is 1.83. The number of hydrogen-bond donors (Lipinski definition) is 1. The predicted octanol–water partition coefficient (Wildman–Crippen LogP) is 3.68. The molecule has 2 aromatic rings. The van der Waals surface area contributed by atoms with Gasteiger partial charge in [0.25, 0.3) is 0 Å². The largest absolute Gasteiger partial charge is 0.373 e. The van der Waals surface area contributed by atoms with Crippen molar-refractivity contribution in [2.45, 2.75) is 25.5 Å². The first-order valence-electron chi connectivity index (χ1n) is 5.87. The minimum Gasteiger partial charge on any atom is -0.373 e. The molecule has 2 heterocycles. The number of aromatic nitrogens is 2. The Morgan fingerprint density at radius 2 is 1.94 bits per heavy atom. The van der Waals surface area contributed by atoms with Crippen molar-refractivity contribution in [2.75, 3.05) is 0 Å². The Hall–Kier alpha value is -1.03. The number of aliphatic hydroxyl groups excluding tert-OH is 1. The van der Waals surface area contributed by atoms with Crippen LogP contribution in [0.15, 0.2) is 24.3 Å². The third kappa shape index (κ3) is 1.92. The zero-order valence-electron chi connectivity index (χ0n) is 9.61. The van der Waals surface area contributed by atoms with Crippen molar-refractivity contribution in [1.82, 2.24) is 9.55 Å². The van der Waals surface area contributed by atoms with Gasteiger partial charge in [0.05, 0.1) is 5.69 Å². The third-order valence-electron chi connectivity index (χ3n) is 3.24. The van der Waals surface area contributed by atoms with E-state index in [1.54, 1.807) is 0 Å². The van der Waals surface area contributed by atoms with Gasteiger partial charge in [-0.25, -0.2) is 4.98 Å². The van der Waals surface area contributed by atoms with Crippen LogP contribution >= 0.6 is 23.2 Å². The lowest BCUT2D eigenvalue weighted by Gasteiger charge is -2.22. The molecule has 0 radical (unpaired) electrons. The molecule has 0 aliphatic carbocycles. The maximum Gasteiger partial charge on any atom is 0.151 e. The van der Waals surface area contributed by atoms with Gasteiger partial charge in [-0.1, -0.05) is 23.2 Å². The van der Waals surface area contributed by atoms with E-state index in [0.717, 1.165) is 30.5 Å². The summed E-state index contributed by atoms with van der Waals surface area (Å²) in [7, 11) is 0. The molecule has 0 amide bonds. The number of imidazole rings is 1. The highest BCUT2D eigenvalue weighted by atomic mass is 35.5. The number of halogens is 2. The van der Waals surface area contributed by atoms with Crippen molar-refractivity contribution < 1.29 is 5.11 Å². The molecular weight excluding hydrogens is 271 g/mol. The maximum atomic E-state index is 10.1. The summed E-state index contributed by atoms with van der Waals surface area (Å²) in [6.45, 7) is 0. The van der Waals surface area contributed by atoms with E-state index in [9.17, 15) is 5.11 Å². The zero-order chi connectivity index (χ0) is 12.7. The second kappa shape index (κ2) is 4.57. The molecule has 0 spiro atoms. The van der Waals surface area contributed by atoms with Crippen molar-refractivity contribution in [3.63, 3.8) is 0 Å². The molecule has 0 fully saturated rings. The monoisotopic (exact) mass is 282 g/mol. The third-order valence-corrected chi connectivity index (χ3v) is 3.79. The number of nitrogens with zero attached hydrogens (tertiary/aromatic N) is 2. The fraction of sp³-hybridized carbons (Fsp3) is 0.308. The van der Waals surface area contributed by atoms with Gasteiger partial charge in [0.15, 0.2) is 5.15 Å². The molecule has 1 unspecified atom stereocenters. The Morgan fingerprint density at radius 1 is 1.22 bits per heavy atom. The van der Waals surface area contributed by atoms with Crippen molar-refractivity contribution >= 4 is 23.2 Å². The van der Waals surface area contributed by atoms with Crippen LogP contribution < -0.4 is 0 Å². The van der Waals surface area contributed by atoms with Crippen molar-refractivity contribution in [1.29, 1.82) is 0 Å². The second-order valence-electron chi connectivity index (χ2n) is 4.42. The van der Waals surface area contributed by atoms with Gasteiger partial charge in [0.1, 0.15) is 12.1 Å². The van der Waals surface area contributed by atoms with Gasteiger partial charge in [-0.05, 0) is 43.5 Å². The van der Waals surface area contributed by atoms with Gasteiger partial charge >= 0.3 is 0 Å². The average molecular weight is 283 g/mol. The van der Waals surface area contributed by atoms with Crippen LogP contribution in [0.25, 0.3) is 11.4 Å². The van der Waals surface area contributed by atoms with Gasteiger partial charge in [0.2, 0.25) is 0 Å². The van der Waals surface area contributed by atoms with E-state index in [4.69, 9.17) is 23.2 Å². The highest BCUT2D eigenvalue weighted by molar-refractivity contribution is 6.30. The molecule has 0 saturated carbocycles. The SMILES string of the molecule is OC1CCCc2c(Cl)nc(-c3ccc(Cl)cc3)n21. The van der Waals surface area contributed by atoms with E-state index in [-0.39, 0.29) is 0 Å². The lowest BCUT2D eigenvalue weighted by molar-refractivity contribution is 0.0807. The Bertz CT molecular complexity index is 577. The molecule has 1 aromatic carbocycles. The van der Waals surface area contributed by atoms with Crippen LogP contribution in [-0.2, 0) is 6.42 Å². The number of fused-ring (bicyclic) bond motifs is 1. The molecule has 1 aromatic heterocycles. The normalized spacial score (nSPS) is 18.7. The molecule has 18 heavy (non-hydrogen) atoms. The molecular formula is C13H12Cl2N2O. The lowest BCUT2D eigenvalue weighted by atomic mass is 10.1. The summed E-state index contributed by atoms with van der Waals surface area (Å²) in [5.74, 6) is 0.707. The van der Waals surface area contributed by atoms with E-state index < -0.39 is 6.23 Å². The molecule has 3 rings (SSSR count). The summed E-state index contributed by atoms with van der Waals surface area (Å²) in [5, 5.41) is 11.3. The number of benzene rings is 1. The summed E-state index contributed by atoms with van der Waals surface area (Å²) in [6, 6.07) is 7.38. The zero-order valence-corrected chi connectivity index (χ0v) is 11.1. The van der Waals surface area contributed by atoms with E-state index in [0.29, 0.717) is 16.0 Å². The van der Waals surface area contributed by atoms with Gasteiger partial charge in [-0.3, -0.25) is 0 Å². The summed E-state index contributed by atoms with van der Waals surface area (Å²) in [4.78, 5) is 4.37. The van der Waals surface area contributed by atoms with E-state index in [2.05, 4.69) is 4.98 Å². The molecule has 1 aliphatic rings. The summed E-state index contributed by atoms with van der Waals surface area (Å²) >= 11 is 12.0. The highest BCUT2D eigenvalue weighted by Crippen LogP contribution is 2.34. The Labute approximate surface area is 115 Å². The topological polar surface area (TPSA) is 38.1 Å². The molecule has 0 bridgehead atoms. The first kappa shape index (κ1) is 12.0. The van der Waals surface area contributed by atoms with E-state index in [1.807, 2.05) is 28.8 Å². The standard InChI is InChI=1S/C13H12Cl2N2O/c14-9-6-4-8(5-7-9)13-16-12(15)10-2-1-3-11(18)17(10)13/h4-7,11,18H,1-3H2. The van der Waals surface area contributed by atoms with Crippen LogP contribution in [0, 0.1) is 0 Å². The maximum absolute atomic E-state index is 10.1. The molecule has 0 saturated heterocycles. The summed E-state index contributed by atoms with van der Waals surface area (Å²) in [6.07, 6.45) is 1.99. The fourth-order valence-corrected chi connectivity index (χ4v) is 2.76. The number of aliphatic hydroxyl groups is 1. The number of rotatable bonds is 1. The highest BCUT2D eigenvalue weighted by Gasteiger charge is 2.25. The molecule has 94 valence electrons. The minimum absolute atomic E-state index is 0.485. The Balaban J connectivity index is 2.15. The van der Waals surface area contributed by atoms with E-state index in [1.165, 1.54) is 0 Å². The number of hydrogen-bond acceptors (Lipinski definition) is 2. The van der Waals surface area contributed by atoms with Gasteiger partial charge < -0.3 is 9.67 Å². The Kier molecular flexibility index (Phi) is 3.06. The van der Waals surface area contributed by atoms with Crippen LogP contribution in [-0.4, -0.2) is 14.7 Å². The van der Waals surface area contributed by atoms with Crippen LogP contribution in [0.3, 0.4) is 0 Å². The van der Waals surface area contributed by atoms with Crippen LogP contribution in [0.2, 0.25) is 10.2 Å². The first-order valence-corrected chi connectivity index (χ1v) is 6.63. The van der Waals surface area contributed by atoms with E-state index >= 15 is 0 Å². The molecule has 1 N–H and O–H groups in total. The van der Waals surface area contributed by atoms with Crippen molar-refractivity contribution in [3.05, 3.63) is 40.1 Å². The van der Waals surface area contributed by atoms with Crippen LogP contribution in [0.1, 0.15) is 24.8 Å². The predicted molar refractivity (Wildman–Crippen MR) is 71.9 cm³/mol. The van der Waals surface area contributed by atoms with Gasteiger partial charge in [-0.15, -0.1) is 0 Å². The van der Waals surface area contributed by atoms with Crippen molar-refractivity contribution in [3.8, 4) is 11.4 Å². The quantitative estimate of drug-likeness (QED) is 0.866. The molecule has 1 atom stereocenters. The van der Waals surface area contributed by atoms with Crippen LogP contribution in [0.5, 0.6) is 0 Å². The lowest BCUT2D eigenvalue weighted by Crippen LogP contribution is -2.17. The van der Waals surface area contributed by atoms with Crippen LogP contribution in [0.4, 0.5) is 0 Å². The fourth-order valence-electron chi connectivity index (χ4n) is 2.37. The summed E-state index contributed by atoms with van der Waals surface area (Å²) in [5.41, 5.74) is 1.83. The first-order chi connectivity index (χ1) is 8.66. The second-order valence-corrected chi connectivity index (χ2v) is 5.22. The van der Waals surface area contributed by atoms with Crippen molar-refractivity contribution in [2.24, 2.45) is 0 Å². The minimum atomic E-state index is -0.542. The van der Waals surface area contributed by atoms with Gasteiger partial charge in [-0.2, -0.15) is 0 Å². The molecule has 1 aliphatic heterocycles. The molecule has 3 nitrogen and oxygen atoms in total. The van der Waals surface area contributed by atoms with Gasteiger partial charge in [0, 0.05) is 10.6 Å². The molecule has 5 heteroatoms. The smallest absolute Gasteiger partial charge is 0.151 e. The Morgan fingerprint density at radius 3 is 2.67 bits per heavy atom. The average Bonchev–Trinajstić information content (AvgIpc) is 2.70.